The highest BCUT2D eigenvalue weighted by Gasteiger charge is 2.40. The van der Waals surface area contributed by atoms with E-state index in [9.17, 15) is 13.2 Å². The van der Waals surface area contributed by atoms with Crippen molar-refractivity contribution in [1.82, 2.24) is 9.88 Å². The Labute approximate surface area is 112 Å². The Hall–Kier alpha value is -1.43. The van der Waals surface area contributed by atoms with E-state index in [0.29, 0.717) is 25.4 Å². The van der Waals surface area contributed by atoms with Gasteiger partial charge < -0.3 is 4.90 Å². The standard InChI is InChI=1S/C13H16N2O3S/c16-13(10-4-6-19(17,18)9-10)15-7-11(8-15)12-3-1-2-5-14-12/h1-3,5,10-11H,4,6-9H2/t10-/m0/s1. The van der Waals surface area contributed by atoms with E-state index in [2.05, 4.69) is 4.98 Å². The van der Waals surface area contributed by atoms with Crippen LogP contribution in [0.15, 0.2) is 24.4 Å². The third-order valence-corrected chi connectivity index (χ3v) is 5.65. The number of likely N-dealkylation sites (tertiary alicyclic amines) is 1. The average molecular weight is 280 g/mol. The van der Waals surface area contributed by atoms with Crippen LogP contribution in [0.2, 0.25) is 0 Å². The van der Waals surface area contributed by atoms with Crippen molar-refractivity contribution >= 4 is 15.7 Å². The summed E-state index contributed by atoms with van der Waals surface area (Å²) >= 11 is 0. The van der Waals surface area contributed by atoms with E-state index in [1.54, 1.807) is 11.1 Å². The Morgan fingerprint density at radius 1 is 1.32 bits per heavy atom. The number of aromatic nitrogens is 1. The molecule has 0 radical (unpaired) electrons. The van der Waals surface area contributed by atoms with Crippen molar-refractivity contribution in [2.75, 3.05) is 24.6 Å². The van der Waals surface area contributed by atoms with E-state index in [0.717, 1.165) is 5.69 Å². The smallest absolute Gasteiger partial charge is 0.226 e. The summed E-state index contributed by atoms with van der Waals surface area (Å²) in [6.45, 7) is 1.32. The fourth-order valence-corrected chi connectivity index (χ4v) is 4.44. The lowest BCUT2D eigenvalue weighted by Gasteiger charge is -2.40. The van der Waals surface area contributed by atoms with Crippen LogP contribution in [0.5, 0.6) is 0 Å². The van der Waals surface area contributed by atoms with Gasteiger partial charge in [-0.25, -0.2) is 8.42 Å². The Morgan fingerprint density at radius 2 is 2.11 bits per heavy atom. The summed E-state index contributed by atoms with van der Waals surface area (Å²) in [6, 6.07) is 5.78. The largest absolute Gasteiger partial charge is 0.341 e. The maximum atomic E-state index is 12.1. The molecule has 3 rings (SSSR count). The predicted molar refractivity (Wildman–Crippen MR) is 70.3 cm³/mol. The van der Waals surface area contributed by atoms with Gasteiger partial charge in [-0.1, -0.05) is 6.07 Å². The Morgan fingerprint density at radius 3 is 2.68 bits per heavy atom. The number of pyridine rings is 1. The van der Waals surface area contributed by atoms with Crippen LogP contribution in [-0.2, 0) is 14.6 Å². The molecule has 5 nitrogen and oxygen atoms in total. The van der Waals surface area contributed by atoms with Gasteiger partial charge >= 0.3 is 0 Å². The zero-order valence-electron chi connectivity index (χ0n) is 10.5. The van der Waals surface area contributed by atoms with Gasteiger partial charge in [0.25, 0.3) is 0 Å². The topological polar surface area (TPSA) is 67.3 Å². The van der Waals surface area contributed by atoms with Gasteiger partial charge in [-0.05, 0) is 18.6 Å². The van der Waals surface area contributed by atoms with Gasteiger partial charge in [0.1, 0.15) is 0 Å². The van der Waals surface area contributed by atoms with Gasteiger partial charge in [-0.15, -0.1) is 0 Å². The van der Waals surface area contributed by atoms with Crippen molar-refractivity contribution in [2.24, 2.45) is 5.92 Å². The number of carbonyl (C=O) groups is 1. The second-order valence-corrected chi connectivity index (χ2v) is 7.52. The monoisotopic (exact) mass is 280 g/mol. The van der Waals surface area contributed by atoms with Crippen molar-refractivity contribution in [2.45, 2.75) is 12.3 Å². The van der Waals surface area contributed by atoms with Crippen LogP contribution in [0.4, 0.5) is 0 Å². The quantitative estimate of drug-likeness (QED) is 0.788. The summed E-state index contributed by atoms with van der Waals surface area (Å²) in [7, 11) is -2.98. The average Bonchev–Trinajstić information content (AvgIpc) is 2.69. The Balaban J connectivity index is 1.58. The number of nitrogens with zero attached hydrogens (tertiary/aromatic N) is 2. The molecule has 1 aromatic heterocycles. The summed E-state index contributed by atoms with van der Waals surface area (Å²) in [5.74, 6) is 0.142. The van der Waals surface area contributed by atoms with E-state index in [4.69, 9.17) is 0 Å². The number of sulfone groups is 1. The van der Waals surface area contributed by atoms with Gasteiger partial charge in [0.15, 0.2) is 9.84 Å². The molecule has 0 spiro atoms. The van der Waals surface area contributed by atoms with Gasteiger partial charge in [0, 0.05) is 30.9 Å². The van der Waals surface area contributed by atoms with E-state index >= 15 is 0 Å². The van der Waals surface area contributed by atoms with E-state index in [1.165, 1.54) is 0 Å². The molecule has 19 heavy (non-hydrogen) atoms. The molecule has 0 saturated carbocycles. The highest BCUT2D eigenvalue weighted by molar-refractivity contribution is 7.91. The molecular weight excluding hydrogens is 264 g/mol. The van der Waals surface area contributed by atoms with Gasteiger partial charge in [0.2, 0.25) is 5.91 Å². The molecule has 3 heterocycles. The zero-order chi connectivity index (χ0) is 13.5. The lowest BCUT2D eigenvalue weighted by molar-refractivity contribution is -0.139. The molecule has 2 saturated heterocycles. The van der Waals surface area contributed by atoms with Crippen molar-refractivity contribution in [3.8, 4) is 0 Å². The molecule has 0 unspecified atom stereocenters. The first-order valence-electron chi connectivity index (χ1n) is 6.45. The first-order valence-corrected chi connectivity index (χ1v) is 8.27. The number of carbonyl (C=O) groups excluding carboxylic acids is 1. The van der Waals surface area contributed by atoms with Crippen LogP contribution in [0.25, 0.3) is 0 Å². The maximum absolute atomic E-state index is 12.1. The number of rotatable bonds is 2. The molecule has 0 bridgehead atoms. The minimum absolute atomic E-state index is 0.00624. The maximum Gasteiger partial charge on any atom is 0.226 e. The summed E-state index contributed by atoms with van der Waals surface area (Å²) in [5.41, 5.74) is 1.01. The number of amides is 1. The van der Waals surface area contributed by atoms with Crippen molar-refractivity contribution in [3.63, 3.8) is 0 Å². The molecule has 1 aromatic rings. The van der Waals surface area contributed by atoms with Crippen molar-refractivity contribution in [1.29, 1.82) is 0 Å². The van der Waals surface area contributed by atoms with E-state index in [1.807, 2.05) is 18.2 Å². The van der Waals surface area contributed by atoms with Gasteiger partial charge in [0.05, 0.1) is 17.4 Å². The molecule has 1 atom stereocenters. The van der Waals surface area contributed by atoms with Crippen molar-refractivity contribution < 1.29 is 13.2 Å². The molecule has 2 aliphatic heterocycles. The lowest BCUT2D eigenvalue weighted by atomic mass is 9.93. The second kappa shape index (κ2) is 4.59. The number of hydrogen-bond donors (Lipinski definition) is 0. The number of hydrogen-bond acceptors (Lipinski definition) is 4. The third kappa shape index (κ3) is 2.49. The van der Waals surface area contributed by atoms with Crippen LogP contribution in [0, 0.1) is 5.92 Å². The fourth-order valence-electron chi connectivity index (χ4n) is 2.71. The van der Waals surface area contributed by atoms with Crippen LogP contribution in [-0.4, -0.2) is 48.8 Å². The lowest BCUT2D eigenvalue weighted by Crippen LogP contribution is -2.51. The van der Waals surface area contributed by atoms with Crippen LogP contribution < -0.4 is 0 Å². The van der Waals surface area contributed by atoms with Crippen LogP contribution in [0.3, 0.4) is 0 Å². The minimum atomic E-state index is -2.98. The molecule has 2 aliphatic rings. The Kier molecular flexibility index (Phi) is 3.05. The molecule has 2 fully saturated rings. The minimum Gasteiger partial charge on any atom is -0.341 e. The molecule has 0 aliphatic carbocycles. The van der Waals surface area contributed by atoms with Gasteiger partial charge in [-0.2, -0.15) is 0 Å². The fraction of sp³-hybridized carbons (Fsp3) is 0.538. The third-order valence-electron chi connectivity index (χ3n) is 3.88. The van der Waals surface area contributed by atoms with Crippen LogP contribution in [0.1, 0.15) is 18.0 Å². The first kappa shape index (κ1) is 12.6. The normalized spacial score (nSPS) is 26.1. The molecule has 102 valence electrons. The van der Waals surface area contributed by atoms with Crippen molar-refractivity contribution in [3.05, 3.63) is 30.1 Å². The van der Waals surface area contributed by atoms with Gasteiger partial charge in [-0.3, -0.25) is 9.78 Å². The summed E-state index contributed by atoms with van der Waals surface area (Å²) in [4.78, 5) is 18.2. The zero-order valence-corrected chi connectivity index (χ0v) is 11.3. The SMILES string of the molecule is O=C([C@H]1CCS(=O)(=O)C1)N1CC(c2ccccn2)C1. The van der Waals surface area contributed by atoms with E-state index < -0.39 is 9.84 Å². The molecule has 6 heteroatoms. The van der Waals surface area contributed by atoms with E-state index in [-0.39, 0.29) is 23.3 Å². The first-order chi connectivity index (χ1) is 9.05. The molecular formula is C13H16N2O3S. The highest BCUT2D eigenvalue weighted by atomic mass is 32.2. The summed E-state index contributed by atoms with van der Waals surface area (Å²) < 4.78 is 22.8. The molecule has 0 aromatic carbocycles. The van der Waals surface area contributed by atoms with Crippen LogP contribution >= 0.6 is 0 Å². The molecule has 1 amide bonds. The summed E-state index contributed by atoms with van der Waals surface area (Å²) in [6.07, 6.45) is 2.23. The summed E-state index contributed by atoms with van der Waals surface area (Å²) in [5, 5.41) is 0. The second-order valence-electron chi connectivity index (χ2n) is 5.29. The highest BCUT2D eigenvalue weighted by Crippen LogP contribution is 2.29. The Bertz CT molecular complexity index is 579. The predicted octanol–water partition coefficient (Wildman–Crippen LogP) is 0.442. The molecule has 0 N–H and O–H groups in total.